The maximum atomic E-state index is 13.1. The molecule has 0 saturated carbocycles. The number of carbonyl (C=O) groups excluding carboxylic acids is 2. The summed E-state index contributed by atoms with van der Waals surface area (Å²) in [5.41, 5.74) is 3.71. The minimum atomic E-state index is -0.719. The SMILES string of the molecule is COc1ccc(OCC(=O)NN2C(=O)c3ccccc3NC2c2ccc(Br)o2)cc1. The number of rotatable bonds is 6. The third-order valence-corrected chi connectivity index (χ3v) is 4.89. The number of hydrogen-bond donors (Lipinski definition) is 2. The van der Waals surface area contributed by atoms with Crippen LogP contribution >= 0.6 is 15.9 Å². The van der Waals surface area contributed by atoms with Gasteiger partial charge in [-0.3, -0.25) is 15.0 Å². The molecule has 154 valence electrons. The molecule has 2 amide bonds. The van der Waals surface area contributed by atoms with Gasteiger partial charge in [0.15, 0.2) is 17.4 Å². The fourth-order valence-corrected chi connectivity index (χ4v) is 3.35. The Labute approximate surface area is 180 Å². The molecule has 2 heterocycles. The minimum absolute atomic E-state index is 0.272. The molecular weight excluding hydrogens is 454 g/mol. The van der Waals surface area contributed by atoms with Crippen LogP contribution in [0.5, 0.6) is 11.5 Å². The van der Waals surface area contributed by atoms with Gasteiger partial charge in [0, 0.05) is 5.69 Å². The number of carbonyl (C=O) groups is 2. The minimum Gasteiger partial charge on any atom is -0.497 e. The van der Waals surface area contributed by atoms with Crippen LogP contribution in [0.2, 0.25) is 0 Å². The predicted octanol–water partition coefficient (Wildman–Crippen LogP) is 3.73. The number of fused-ring (bicyclic) bond motifs is 1. The van der Waals surface area contributed by atoms with Crippen molar-refractivity contribution in [2.45, 2.75) is 6.17 Å². The first-order valence-corrected chi connectivity index (χ1v) is 9.85. The van der Waals surface area contributed by atoms with E-state index in [0.717, 1.165) is 0 Å². The number of ether oxygens (including phenoxy) is 2. The number of halogens is 1. The van der Waals surface area contributed by atoms with Gasteiger partial charge in [0.25, 0.3) is 11.8 Å². The molecule has 4 rings (SSSR count). The van der Waals surface area contributed by atoms with Crippen molar-refractivity contribution < 1.29 is 23.5 Å². The van der Waals surface area contributed by atoms with E-state index >= 15 is 0 Å². The second-order valence-electron chi connectivity index (χ2n) is 6.41. The molecule has 1 atom stereocenters. The summed E-state index contributed by atoms with van der Waals surface area (Å²) in [5.74, 6) is 0.797. The van der Waals surface area contributed by atoms with Crippen LogP contribution in [0.3, 0.4) is 0 Å². The maximum Gasteiger partial charge on any atom is 0.276 e. The fraction of sp³-hybridized carbons (Fsp3) is 0.143. The molecule has 30 heavy (non-hydrogen) atoms. The van der Waals surface area contributed by atoms with Crippen LogP contribution in [0.1, 0.15) is 22.3 Å². The maximum absolute atomic E-state index is 13.1. The number of methoxy groups -OCH3 is 1. The molecule has 0 fully saturated rings. The number of nitrogens with one attached hydrogen (secondary N) is 2. The number of para-hydroxylation sites is 1. The monoisotopic (exact) mass is 471 g/mol. The summed E-state index contributed by atoms with van der Waals surface area (Å²) in [6, 6.07) is 17.3. The van der Waals surface area contributed by atoms with Crippen LogP contribution in [0.15, 0.2) is 69.8 Å². The Bertz CT molecular complexity index is 1070. The molecule has 1 unspecified atom stereocenters. The fourth-order valence-electron chi connectivity index (χ4n) is 3.03. The topological polar surface area (TPSA) is 93.0 Å². The van der Waals surface area contributed by atoms with E-state index in [-0.39, 0.29) is 12.5 Å². The van der Waals surface area contributed by atoms with Crippen LogP contribution in [0, 0.1) is 0 Å². The first-order valence-electron chi connectivity index (χ1n) is 9.06. The van der Waals surface area contributed by atoms with Crippen LogP contribution in [-0.2, 0) is 4.79 Å². The van der Waals surface area contributed by atoms with E-state index in [1.165, 1.54) is 5.01 Å². The van der Waals surface area contributed by atoms with Gasteiger partial charge >= 0.3 is 0 Å². The van der Waals surface area contributed by atoms with Gasteiger partial charge < -0.3 is 19.2 Å². The van der Waals surface area contributed by atoms with E-state index < -0.39 is 12.1 Å². The summed E-state index contributed by atoms with van der Waals surface area (Å²) < 4.78 is 16.7. The Morgan fingerprint density at radius 1 is 1.13 bits per heavy atom. The quantitative estimate of drug-likeness (QED) is 0.568. The molecule has 0 aliphatic carbocycles. The van der Waals surface area contributed by atoms with Crippen molar-refractivity contribution in [2.75, 3.05) is 19.0 Å². The van der Waals surface area contributed by atoms with E-state index in [4.69, 9.17) is 13.9 Å². The molecule has 2 N–H and O–H groups in total. The van der Waals surface area contributed by atoms with Gasteiger partial charge in [-0.05, 0) is 64.5 Å². The summed E-state index contributed by atoms with van der Waals surface area (Å²) >= 11 is 3.26. The van der Waals surface area contributed by atoms with Crippen LogP contribution < -0.4 is 20.2 Å². The van der Waals surface area contributed by atoms with Crippen molar-refractivity contribution in [2.24, 2.45) is 0 Å². The molecule has 1 aliphatic rings. The van der Waals surface area contributed by atoms with Gasteiger partial charge in [0.2, 0.25) is 0 Å². The van der Waals surface area contributed by atoms with Crippen molar-refractivity contribution in [3.05, 3.63) is 76.7 Å². The van der Waals surface area contributed by atoms with Crippen molar-refractivity contribution in [1.29, 1.82) is 0 Å². The highest BCUT2D eigenvalue weighted by atomic mass is 79.9. The molecule has 1 aromatic heterocycles. The Balaban J connectivity index is 1.50. The van der Waals surface area contributed by atoms with E-state index in [1.807, 2.05) is 6.07 Å². The molecule has 0 spiro atoms. The zero-order valence-electron chi connectivity index (χ0n) is 15.9. The molecule has 0 bridgehead atoms. The van der Waals surface area contributed by atoms with Gasteiger partial charge in [-0.1, -0.05) is 12.1 Å². The molecule has 2 aromatic carbocycles. The van der Waals surface area contributed by atoms with Crippen LogP contribution in [-0.4, -0.2) is 30.5 Å². The lowest BCUT2D eigenvalue weighted by Gasteiger charge is -2.36. The van der Waals surface area contributed by atoms with Crippen molar-refractivity contribution in [1.82, 2.24) is 10.4 Å². The first kappa shape index (κ1) is 19.8. The summed E-state index contributed by atoms with van der Waals surface area (Å²) in [7, 11) is 1.57. The number of nitrogens with zero attached hydrogens (tertiary/aromatic N) is 1. The van der Waals surface area contributed by atoms with Gasteiger partial charge in [-0.2, -0.15) is 0 Å². The number of amides is 2. The second-order valence-corrected chi connectivity index (χ2v) is 7.19. The smallest absolute Gasteiger partial charge is 0.276 e. The van der Waals surface area contributed by atoms with E-state index in [0.29, 0.717) is 33.2 Å². The standard InChI is InChI=1S/C21H18BrN3O5/c1-28-13-6-8-14(9-7-13)29-12-19(26)24-25-20(17-10-11-18(22)30-17)23-16-5-3-2-4-15(16)21(25)27/h2-11,20,23H,12H2,1H3,(H,24,26). The number of furan rings is 1. The third-order valence-electron chi connectivity index (χ3n) is 4.46. The van der Waals surface area contributed by atoms with Crippen molar-refractivity contribution in [3.8, 4) is 11.5 Å². The highest BCUT2D eigenvalue weighted by Crippen LogP contribution is 2.33. The largest absolute Gasteiger partial charge is 0.497 e. The predicted molar refractivity (Wildman–Crippen MR) is 112 cm³/mol. The van der Waals surface area contributed by atoms with Gasteiger partial charge in [0.05, 0.1) is 12.7 Å². The Hall–Kier alpha value is -3.46. The average Bonchev–Trinajstić information content (AvgIpc) is 3.20. The molecule has 1 aliphatic heterocycles. The highest BCUT2D eigenvalue weighted by molar-refractivity contribution is 9.10. The van der Waals surface area contributed by atoms with Crippen LogP contribution in [0.4, 0.5) is 5.69 Å². The number of hydrogen-bond acceptors (Lipinski definition) is 6. The van der Waals surface area contributed by atoms with E-state index in [9.17, 15) is 9.59 Å². The van der Waals surface area contributed by atoms with Crippen molar-refractivity contribution in [3.63, 3.8) is 0 Å². The lowest BCUT2D eigenvalue weighted by atomic mass is 10.1. The molecule has 8 nitrogen and oxygen atoms in total. The van der Waals surface area contributed by atoms with Gasteiger partial charge in [0.1, 0.15) is 17.3 Å². The summed E-state index contributed by atoms with van der Waals surface area (Å²) in [6.07, 6.45) is -0.719. The van der Waals surface area contributed by atoms with Crippen molar-refractivity contribution >= 4 is 33.4 Å². The number of benzene rings is 2. The number of anilines is 1. The molecule has 9 heteroatoms. The lowest BCUT2D eigenvalue weighted by Crippen LogP contribution is -2.53. The number of hydrazine groups is 1. The average molecular weight is 472 g/mol. The summed E-state index contributed by atoms with van der Waals surface area (Å²) in [5, 5.41) is 4.42. The summed E-state index contributed by atoms with van der Waals surface area (Å²) in [4.78, 5) is 25.6. The Kier molecular flexibility index (Phi) is 5.62. The highest BCUT2D eigenvalue weighted by Gasteiger charge is 2.36. The molecule has 0 saturated heterocycles. The Morgan fingerprint density at radius 2 is 1.87 bits per heavy atom. The first-order chi connectivity index (χ1) is 14.5. The van der Waals surface area contributed by atoms with E-state index in [2.05, 4.69) is 26.7 Å². The van der Waals surface area contributed by atoms with E-state index in [1.54, 1.807) is 61.7 Å². The van der Waals surface area contributed by atoms with Crippen LogP contribution in [0.25, 0.3) is 0 Å². The normalized spacial score (nSPS) is 15.2. The Morgan fingerprint density at radius 3 is 2.57 bits per heavy atom. The molecule has 0 radical (unpaired) electrons. The lowest BCUT2D eigenvalue weighted by molar-refractivity contribution is -0.127. The third kappa shape index (κ3) is 4.11. The zero-order valence-corrected chi connectivity index (χ0v) is 17.5. The summed E-state index contributed by atoms with van der Waals surface area (Å²) in [6.45, 7) is -0.272. The molecular formula is C21H18BrN3O5. The van der Waals surface area contributed by atoms with Gasteiger partial charge in [-0.25, -0.2) is 5.01 Å². The zero-order chi connectivity index (χ0) is 21.1. The molecule has 3 aromatic rings. The second kappa shape index (κ2) is 8.50. The van der Waals surface area contributed by atoms with Gasteiger partial charge in [-0.15, -0.1) is 0 Å².